The predicted molar refractivity (Wildman–Crippen MR) is 111 cm³/mol. The second-order valence-electron chi connectivity index (χ2n) is 8.99. The van der Waals surface area contributed by atoms with Crippen molar-refractivity contribution in [3.63, 3.8) is 0 Å². The maximum Gasteiger partial charge on any atom is 0.192 e. The van der Waals surface area contributed by atoms with Gasteiger partial charge in [-0.1, -0.05) is 52.3 Å². The van der Waals surface area contributed by atoms with Crippen LogP contribution in [0.2, 0.25) is 23.3 Å². The highest BCUT2D eigenvalue weighted by atomic mass is 35.5. The second-order valence-corrected chi connectivity index (χ2v) is 14.2. The first kappa shape index (κ1) is 20.6. The molecule has 1 aromatic heterocycles. The first-order chi connectivity index (χ1) is 11.4. The van der Waals surface area contributed by atoms with E-state index in [1.54, 1.807) is 0 Å². The van der Waals surface area contributed by atoms with Gasteiger partial charge < -0.3 is 4.43 Å². The molecule has 1 atom stereocenters. The van der Waals surface area contributed by atoms with Gasteiger partial charge in [0.05, 0.1) is 11.1 Å². The van der Waals surface area contributed by atoms with Gasteiger partial charge in [-0.25, -0.2) is 4.98 Å². The second kappa shape index (κ2) is 6.79. The number of pyridine rings is 1. The van der Waals surface area contributed by atoms with Crippen LogP contribution in [-0.4, -0.2) is 26.1 Å². The molecule has 1 unspecified atom stereocenters. The molecule has 140 valence electrons. The number of aliphatic imine (C=N–C) groups is 1. The van der Waals surface area contributed by atoms with Gasteiger partial charge in [0.1, 0.15) is 10.7 Å². The molecule has 0 radical (unpaired) electrons. The molecule has 3 nitrogen and oxygen atoms in total. The number of hydrogen-bond donors (Lipinski definition) is 0. The predicted octanol–water partition coefficient (Wildman–Crippen LogP) is 6.11. The van der Waals surface area contributed by atoms with Gasteiger partial charge in [0, 0.05) is 12.8 Å². The van der Waals surface area contributed by atoms with Crippen LogP contribution in [0, 0.1) is 0 Å². The van der Waals surface area contributed by atoms with Crippen molar-refractivity contribution in [3.05, 3.63) is 28.5 Å². The first-order valence-corrected chi connectivity index (χ1v) is 12.6. The van der Waals surface area contributed by atoms with E-state index >= 15 is 0 Å². The van der Waals surface area contributed by atoms with E-state index in [0.29, 0.717) is 11.8 Å². The van der Waals surface area contributed by atoms with Crippen LogP contribution in [0.3, 0.4) is 0 Å². The number of nitrogens with zero attached hydrogens (tertiary/aromatic N) is 2. The average molecular weight is 381 g/mol. The van der Waals surface area contributed by atoms with E-state index in [4.69, 9.17) is 26.0 Å². The molecule has 0 saturated carbocycles. The third kappa shape index (κ3) is 3.72. The highest BCUT2D eigenvalue weighted by Gasteiger charge is 2.44. The van der Waals surface area contributed by atoms with Crippen molar-refractivity contribution < 1.29 is 4.43 Å². The van der Waals surface area contributed by atoms with Crippen molar-refractivity contribution in [1.82, 2.24) is 4.98 Å². The van der Waals surface area contributed by atoms with Gasteiger partial charge in [-0.05, 0) is 49.5 Å². The minimum absolute atomic E-state index is 0.187. The summed E-state index contributed by atoms with van der Waals surface area (Å²) in [6.07, 6.45) is 3.93. The molecule has 2 rings (SSSR count). The molecule has 0 aliphatic carbocycles. The van der Waals surface area contributed by atoms with Crippen LogP contribution >= 0.6 is 11.6 Å². The highest BCUT2D eigenvalue weighted by Crippen LogP contribution is 2.44. The Bertz CT molecular complexity index is 662. The van der Waals surface area contributed by atoms with E-state index in [1.807, 2.05) is 6.07 Å². The Morgan fingerprint density at radius 1 is 1.16 bits per heavy atom. The standard InChI is InChI=1S/C20H33ClN2OSi/c1-9-20(10-2)17-15(11-12-16(21)23-17)19(6,13-22-20)14-24-25(7,8)18(3,4)5/h11-13H,9-10,14H2,1-8H3. The average Bonchev–Trinajstić information content (AvgIpc) is 2.53. The third-order valence-electron chi connectivity index (χ3n) is 6.22. The van der Waals surface area contributed by atoms with Crippen LogP contribution in [0.15, 0.2) is 17.1 Å². The van der Waals surface area contributed by atoms with Crippen LogP contribution < -0.4 is 0 Å². The molecule has 5 heteroatoms. The molecular formula is C20H33ClN2OSi. The molecule has 0 saturated heterocycles. The molecule has 0 bridgehead atoms. The molecular weight excluding hydrogens is 348 g/mol. The summed E-state index contributed by atoms with van der Waals surface area (Å²) in [5, 5.41) is 0.724. The molecule has 0 fully saturated rings. The Labute approximate surface area is 159 Å². The molecule has 0 aromatic carbocycles. The van der Waals surface area contributed by atoms with Crippen molar-refractivity contribution in [2.75, 3.05) is 6.61 Å². The minimum Gasteiger partial charge on any atom is -0.416 e. The Hall–Kier alpha value is -0.713. The summed E-state index contributed by atoms with van der Waals surface area (Å²) in [4.78, 5) is 9.69. The Balaban J connectivity index is 2.44. The van der Waals surface area contributed by atoms with Gasteiger partial charge in [0.25, 0.3) is 0 Å². The zero-order valence-electron chi connectivity index (χ0n) is 17.0. The topological polar surface area (TPSA) is 34.5 Å². The molecule has 1 aromatic rings. The summed E-state index contributed by atoms with van der Waals surface area (Å²) in [6.45, 7) is 18.6. The molecule has 1 aliphatic rings. The lowest BCUT2D eigenvalue weighted by molar-refractivity contribution is 0.239. The van der Waals surface area contributed by atoms with E-state index in [2.05, 4.69) is 66.9 Å². The van der Waals surface area contributed by atoms with Crippen molar-refractivity contribution in [1.29, 1.82) is 0 Å². The Morgan fingerprint density at radius 3 is 2.28 bits per heavy atom. The molecule has 1 aliphatic heterocycles. The lowest BCUT2D eigenvalue weighted by atomic mass is 9.74. The fraction of sp³-hybridized carbons (Fsp3) is 0.700. The highest BCUT2D eigenvalue weighted by molar-refractivity contribution is 6.74. The smallest absolute Gasteiger partial charge is 0.192 e. The zero-order valence-corrected chi connectivity index (χ0v) is 18.8. The number of hydrogen-bond acceptors (Lipinski definition) is 3. The molecule has 25 heavy (non-hydrogen) atoms. The van der Waals surface area contributed by atoms with Crippen molar-refractivity contribution >= 4 is 26.1 Å². The van der Waals surface area contributed by atoms with Crippen LogP contribution in [0.4, 0.5) is 0 Å². The summed E-state index contributed by atoms with van der Waals surface area (Å²) in [5.74, 6) is 0. The summed E-state index contributed by atoms with van der Waals surface area (Å²) < 4.78 is 6.55. The Kier molecular flexibility index (Phi) is 5.59. The van der Waals surface area contributed by atoms with E-state index in [-0.39, 0.29) is 16.0 Å². The zero-order chi connectivity index (χ0) is 19.1. The monoisotopic (exact) mass is 380 g/mol. The summed E-state index contributed by atoms with van der Waals surface area (Å²) in [6, 6.07) is 4.01. The summed E-state index contributed by atoms with van der Waals surface area (Å²) in [7, 11) is -1.83. The van der Waals surface area contributed by atoms with Crippen LogP contribution in [0.1, 0.15) is 65.6 Å². The number of rotatable bonds is 5. The van der Waals surface area contributed by atoms with Gasteiger partial charge >= 0.3 is 0 Å². The number of fused-ring (bicyclic) bond motifs is 1. The van der Waals surface area contributed by atoms with Crippen LogP contribution in [0.25, 0.3) is 0 Å². The SMILES string of the molecule is CCC1(CC)N=CC(C)(CO[Si](C)(C)C(C)(C)C)c2ccc(Cl)nc21. The number of aromatic nitrogens is 1. The lowest BCUT2D eigenvalue weighted by Crippen LogP contribution is -2.47. The van der Waals surface area contributed by atoms with E-state index in [9.17, 15) is 0 Å². The van der Waals surface area contributed by atoms with Gasteiger partial charge in [-0.15, -0.1) is 0 Å². The van der Waals surface area contributed by atoms with Crippen LogP contribution in [0.5, 0.6) is 0 Å². The molecule has 2 heterocycles. The van der Waals surface area contributed by atoms with Gasteiger partial charge in [-0.3, -0.25) is 4.99 Å². The fourth-order valence-corrected chi connectivity index (χ4v) is 4.32. The lowest BCUT2D eigenvalue weighted by Gasteiger charge is -2.43. The third-order valence-corrected chi connectivity index (χ3v) is 10.9. The largest absolute Gasteiger partial charge is 0.416 e. The quantitative estimate of drug-likeness (QED) is 0.455. The normalized spacial score (nSPS) is 22.8. The molecule has 0 spiro atoms. The van der Waals surface area contributed by atoms with Crippen molar-refractivity contribution in [3.8, 4) is 0 Å². The van der Waals surface area contributed by atoms with E-state index < -0.39 is 8.32 Å². The maximum atomic E-state index is 6.55. The molecule has 0 N–H and O–H groups in total. The van der Waals surface area contributed by atoms with Crippen molar-refractivity contribution in [2.45, 2.75) is 83.5 Å². The van der Waals surface area contributed by atoms with Crippen LogP contribution in [-0.2, 0) is 15.4 Å². The first-order valence-electron chi connectivity index (χ1n) is 9.29. The van der Waals surface area contributed by atoms with Gasteiger partial charge in [0.2, 0.25) is 0 Å². The number of halogens is 1. The maximum absolute atomic E-state index is 6.55. The summed E-state index contributed by atoms with van der Waals surface area (Å²) in [5.41, 5.74) is 1.69. The minimum atomic E-state index is -1.83. The fourth-order valence-electron chi connectivity index (χ4n) is 3.08. The van der Waals surface area contributed by atoms with Crippen molar-refractivity contribution in [2.24, 2.45) is 4.99 Å². The van der Waals surface area contributed by atoms with E-state index in [0.717, 1.165) is 18.5 Å². The van der Waals surface area contributed by atoms with Gasteiger partial charge in [0.15, 0.2) is 8.32 Å². The van der Waals surface area contributed by atoms with E-state index in [1.165, 1.54) is 5.56 Å². The van der Waals surface area contributed by atoms with Gasteiger partial charge in [-0.2, -0.15) is 0 Å². The Morgan fingerprint density at radius 2 is 1.76 bits per heavy atom. The summed E-state index contributed by atoms with van der Waals surface area (Å²) >= 11 is 6.23. The molecule has 0 amide bonds.